The van der Waals surface area contributed by atoms with E-state index in [9.17, 15) is 35.2 Å². The number of aliphatic hydroxyl groups is 2. The van der Waals surface area contributed by atoms with Gasteiger partial charge in [0.2, 0.25) is 12.1 Å². The van der Waals surface area contributed by atoms with E-state index < -0.39 is 40.6 Å². The van der Waals surface area contributed by atoms with Crippen molar-refractivity contribution in [3.8, 4) is 0 Å². The van der Waals surface area contributed by atoms with Crippen molar-refractivity contribution in [1.29, 1.82) is 0 Å². The molecule has 1 radical (unpaired) electrons. The van der Waals surface area contributed by atoms with Crippen molar-refractivity contribution in [2.75, 3.05) is 0 Å². The average molecular weight is 389 g/mol. The van der Waals surface area contributed by atoms with Crippen LogP contribution >= 0.6 is 0 Å². The van der Waals surface area contributed by atoms with Crippen LogP contribution < -0.4 is 0 Å². The Morgan fingerprint density at radius 2 is 1.37 bits per heavy atom. The molecule has 0 amide bonds. The lowest BCUT2D eigenvalue weighted by molar-refractivity contribution is -0.554. The van der Waals surface area contributed by atoms with Gasteiger partial charge in [-0.2, -0.15) is 0 Å². The molecule has 0 aromatic rings. The van der Waals surface area contributed by atoms with Crippen molar-refractivity contribution in [3.05, 3.63) is 20.2 Å². The maximum atomic E-state index is 11.3. The van der Waals surface area contributed by atoms with Crippen molar-refractivity contribution in [3.63, 3.8) is 0 Å². The van der Waals surface area contributed by atoms with Gasteiger partial charge in [-0.05, 0) is 19.3 Å². The molecule has 4 atom stereocenters. The summed E-state index contributed by atoms with van der Waals surface area (Å²) in [6.45, 7) is 1.96. The maximum absolute atomic E-state index is 11.3. The molecule has 9 nitrogen and oxygen atoms in total. The molecule has 0 aliphatic heterocycles. The lowest BCUT2D eigenvalue weighted by atomic mass is 9.94. The molecule has 0 rings (SSSR count). The van der Waals surface area contributed by atoms with Gasteiger partial charge in [-0.1, -0.05) is 45.4 Å². The Balaban J connectivity index is 4.47. The molecule has 2 N–H and O–H groups in total. The third-order valence-electron chi connectivity index (χ3n) is 4.80. The van der Waals surface area contributed by atoms with Crippen LogP contribution in [0.3, 0.4) is 0 Å². The second kappa shape index (κ2) is 15.4. The molecule has 27 heavy (non-hydrogen) atoms. The number of nitro groups is 2. The van der Waals surface area contributed by atoms with Gasteiger partial charge in [0.25, 0.3) is 0 Å². The molecule has 0 aliphatic carbocycles. The molecule has 4 unspecified atom stereocenters. The molecule has 9 heteroatoms. The Labute approximate surface area is 160 Å². The van der Waals surface area contributed by atoms with Crippen LogP contribution in [0.15, 0.2) is 0 Å². The molecule has 0 fully saturated rings. The number of nitrogens with zero attached hydrogens (tertiary/aromatic N) is 2. The number of aliphatic hydroxyl groups excluding tert-OH is 2. The normalized spacial score (nSPS) is 15.7. The molecule has 0 saturated carbocycles. The predicted octanol–water partition coefficient (Wildman–Crippen LogP) is 2.81. The fraction of sp³-hybridized carbons (Fsp3) is 0.944. The fourth-order valence-electron chi connectivity index (χ4n) is 3.10. The summed E-state index contributed by atoms with van der Waals surface area (Å²) in [5.41, 5.74) is 0. The number of rotatable bonds is 18. The van der Waals surface area contributed by atoms with E-state index in [1.165, 1.54) is 0 Å². The van der Waals surface area contributed by atoms with E-state index >= 15 is 0 Å². The van der Waals surface area contributed by atoms with Gasteiger partial charge >= 0.3 is 0 Å². The molecule has 0 aromatic carbocycles. The summed E-state index contributed by atoms with van der Waals surface area (Å²) < 4.78 is 0. The Kier molecular flexibility index (Phi) is 14.5. The Morgan fingerprint density at radius 3 is 1.93 bits per heavy atom. The molecule has 0 heterocycles. The topological polar surface area (TPSA) is 144 Å². The van der Waals surface area contributed by atoms with E-state index in [1.807, 2.05) is 13.2 Å². The highest BCUT2D eigenvalue weighted by atomic mass is 16.6. The third kappa shape index (κ3) is 11.7. The average Bonchev–Trinajstić information content (AvgIpc) is 2.61. The molecule has 0 aliphatic rings. The van der Waals surface area contributed by atoms with Gasteiger partial charge in [-0.3, -0.25) is 25.0 Å². The van der Waals surface area contributed by atoms with Crippen molar-refractivity contribution in [2.45, 2.75) is 108 Å². The second-order valence-corrected chi connectivity index (χ2v) is 7.02. The highest BCUT2D eigenvalue weighted by molar-refractivity contribution is 5.50. The van der Waals surface area contributed by atoms with Crippen LogP contribution in [0.1, 0.15) is 84.0 Å². The molecule has 157 valence electrons. The van der Waals surface area contributed by atoms with E-state index in [-0.39, 0.29) is 12.8 Å². The SMILES string of the molecule is CCCCCC(C(O)CC(C(O)CCCCCCC[C]=O)[N+](=O)[O-])[N+](=O)[O-]. The zero-order chi connectivity index (χ0) is 20.7. The number of carbonyl (C=O) groups excluding carboxylic acids is 1. The van der Waals surface area contributed by atoms with E-state index in [1.54, 1.807) is 0 Å². The first-order valence-electron chi connectivity index (χ1n) is 9.83. The van der Waals surface area contributed by atoms with Crippen LogP contribution in [-0.2, 0) is 4.79 Å². The van der Waals surface area contributed by atoms with E-state index in [0.717, 1.165) is 38.5 Å². The first-order chi connectivity index (χ1) is 12.8. The second-order valence-electron chi connectivity index (χ2n) is 7.02. The monoisotopic (exact) mass is 389 g/mol. The molecule has 0 bridgehead atoms. The Hall–Kier alpha value is -1.61. The van der Waals surface area contributed by atoms with Gasteiger partial charge in [0, 0.05) is 22.7 Å². The predicted molar refractivity (Wildman–Crippen MR) is 100 cm³/mol. The van der Waals surface area contributed by atoms with Gasteiger partial charge in [-0.25, -0.2) is 0 Å². The van der Waals surface area contributed by atoms with Gasteiger partial charge < -0.3 is 10.2 Å². The summed E-state index contributed by atoms with van der Waals surface area (Å²) in [6.07, 6.45) is 5.56. The van der Waals surface area contributed by atoms with E-state index in [2.05, 4.69) is 0 Å². The fourth-order valence-corrected chi connectivity index (χ4v) is 3.10. The molecular formula is C18H33N2O7. The van der Waals surface area contributed by atoms with E-state index in [4.69, 9.17) is 0 Å². The molecule has 0 saturated heterocycles. The lowest BCUT2D eigenvalue weighted by Gasteiger charge is -2.21. The smallest absolute Gasteiger partial charge is 0.241 e. The third-order valence-corrected chi connectivity index (χ3v) is 4.80. The minimum atomic E-state index is -1.46. The number of hydrogen-bond donors (Lipinski definition) is 2. The van der Waals surface area contributed by atoms with Crippen LogP contribution in [0.2, 0.25) is 0 Å². The number of unbranched alkanes of at least 4 members (excludes halogenated alkanes) is 7. The van der Waals surface area contributed by atoms with Gasteiger partial charge in [-0.15, -0.1) is 0 Å². The van der Waals surface area contributed by atoms with Crippen molar-refractivity contribution in [2.24, 2.45) is 0 Å². The summed E-state index contributed by atoms with van der Waals surface area (Å²) in [5, 5.41) is 42.7. The Morgan fingerprint density at radius 1 is 0.815 bits per heavy atom. The maximum Gasteiger partial charge on any atom is 0.241 e. The summed E-state index contributed by atoms with van der Waals surface area (Å²) in [7, 11) is 0. The van der Waals surface area contributed by atoms with Crippen LogP contribution in [0.25, 0.3) is 0 Å². The first kappa shape index (κ1) is 25.4. The van der Waals surface area contributed by atoms with Crippen molar-refractivity contribution in [1.82, 2.24) is 0 Å². The quantitative estimate of drug-likeness (QED) is 0.208. The number of hydrogen-bond acceptors (Lipinski definition) is 7. The van der Waals surface area contributed by atoms with Crippen LogP contribution in [-0.4, -0.2) is 50.6 Å². The minimum absolute atomic E-state index is 0.167. The highest BCUT2D eigenvalue weighted by Crippen LogP contribution is 2.19. The van der Waals surface area contributed by atoms with Crippen LogP contribution in [0, 0.1) is 20.2 Å². The lowest BCUT2D eigenvalue weighted by Crippen LogP contribution is -2.42. The van der Waals surface area contributed by atoms with Gasteiger partial charge in [0.15, 0.2) is 6.29 Å². The molecule has 0 spiro atoms. The highest BCUT2D eigenvalue weighted by Gasteiger charge is 2.38. The molecule has 0 aromatic heterocycles. The molecular weight excluding hydrogens is 356 g/mol. The largest absolute Gasteiger partial charge is 0.386 e. The summed E-state index contributed by atoms with van der Waals surface area (Å²) in [4.78, 5) is 31.3. The van der Waals surface area contributed by atoms with Gasteiger partial charge in [0.05, 0.1) is 6.42 Å². The standard InChI is InChI=1S/C18H33N2O7/c1-2-3-8-11-15(19(24)25)18(23)14-16(20(26)27)17(22)12-9-6-4-5-7-10-13-21/h15-18,22-23H,2-12,14H2,1H3. The zero-order valence-electron chi connectivity index (χ0n) is 16.1. The zero-order valence-corrected chi connectivity index (χ0v) is 16.1. The van der Waals surface area contributed by atoms with Crippen LogP contribution in [0.4, 0.5) is 0 Å². The van der Waals surface area contributed by atoms with Crippen molar-refractivity contribution < 1.29 is 24.9 Å². The Bertz CT molecular complexity index is 434. The van der Waals surface area contributed by atoms with E-state index in [0.29, 0.717) is 19.3 Å². The van der Waals surface area contributed by atoms with Gasteiger partial charge in [0.1, 0.15) is 12.2 Å². The summed E-state index contributed by atoms with van der Waals surface area (Å²) in [6, 6.07) is -2.67. The first-order valence-corrected chi connectivity index (χ1v) is 9.83. The summed E-state index contributed by atoms with van der Waals surface area (Å²) in [5.74, 6) is 0. The minimum Gasteiger partial charge on any atom is -0.386 e. The van der Waals surface area contributed by atoms with Crippen molar-refractivity contribution >= 4 is 6.29 Å². The summed E-state index contributed by atoms with van der Waals surface area (Å²) >= 11 is 0. The van der Waals surface area contributed by atoms with Crippen LogP contribution in [0.5, 0.6) is 0 Å².